The van der Waals surface area contributed by atoms with Gasteiger partial charge in [0.2, 0.25) is 5.91 Å². The monoisotopic (exact) mass is 340 g/mol. The molecule has 1 saturated heterocycles. The molecule has 0 bridgehead atoms. The lowest BCUT2D eigenvalue weighted by Crippen LogP contribution is -2.35. The lowest BCUT2D eigenvalue weighted by molar-refractivity contribution is -0.117. The molecule has 0 radical (unpaired) electrons. The average Bonchev–Trinajstić information content (AvgIpc) is 2.75. The average molecular weight is 341 g/mol. The third kappa shape index (κ3) is 6.17. The van der Waals surface area contributed by atoms with Gasteiger partial charge in [-0.1, -0.05) is 6.07 Å². The number of benzene rings is 1. The molecule has 0 unspecified atom stereocenters. The number of halogens is 1. The highest BCUT2D eigenvalue weighted by Crippen LogP contribution is 2.12. The Balaban J connectivity index is 0.00000264. The van der Waals surface area contributed by atoms with Crippen LogP contribution in [0.5, 0.6) is 0 Å². The van der Waals surface area contributed by atoms with Crippen molar-refractivity contribution in [3.05, 3.63) is 29.8 Å². The zero-order valence-electron chi connectivity index (χ0n) is 13.7. The smallest absolute Gasteiger partial charge is 0.253 e. The van der Waals surface area contributed by atoms with Gasteiger partial charge in [0.05, 0.1) is 6.54 Å². The van der Waals surface area contributed by atoms with Gasteiger partial charge < -0.3 is 15.5 Å². The van der Waals surface area contributed by atoms with E-state index in [2.05, 4.69) is 15.5 Å². The van der Waals surface area contributed by atoms with Gasteiger partial charge >= 0.3 is 0 Å². The zero-order valence-corrected chi connectivity index (χ0v) is 14.5. The number of nitrogens with zero attached hydrogens (tertiary/aromatic N) is 2. The molecule has 0 aliphatic carbocycles. The zero-order chi connectivity index (χ0) is 15.9. The van der Waals surface area contributed by atoms with Crippen molar-refractivity contribution in [1.29, 1.82) is 0 Å². The molecule has 1 fully saturated rings. The Labute approximate surface area is 143 Å². The van der Waals surface area contributed by atoms with Crippen molar-refractivity contribution in [2.75, 3.05) is 52.1 Å². The number of carbonyl (C=O) groups is 2. The van der Waals surface area contributed by atoms with Crippen molar-refractivity contribution in [3.8, 4) is 0 Å². The summed E-state index contributed by atoms with van der Waals surface area (Å²) in [5, 5.41) is 6.19. The van der Waals surface area contributed by atoms with Gasteiger partial charge in [-0.05, 0) is 37.7 Å². The van der Waals surface area contributed by atoms with Crippen LogP contribution in [-0.2, 0) is 4.79 Å². The first kappa shape index (κ1) is 19.4. The molecule has 23 heavy (non-hydrogen) atoms. The van der Waals surface area contributed by atoms with Gasteiger partial charge in [0, 0.05) is 38.4 Å². The van der Waals surface area contributed by atoms with Crippen molar-refractivity contribution in [1.82, 2.24) is 15.1 Å². The summed E-state index contributed by atoms with van der Waals surface area (Å²) in [4.78, 5) is 27.7. The molecule has 0 atom stereocenters. The van der Waals surface area contributed by atoms with Crippen LogP contribution in [0.2, 0.25) is 0 Å². The minimum absolute atomic E-state index is 0. The second kappa shape index (κ2) is 9.50. The highest BCUT2D eigenvalue weighted by molar-refractivity contribution is 5.97. The van der Waals surface area contributed by atoms with E-state index in [9.17, 15) is 9.59 Å². The number of carbonyl (C=O) groups excluding carboxylic acids is 2. The Morgan fingerprint density at radius 2 is 2.04 bits per heavy atom. The Morgan fingerprint density at radius 3 is 2.78 bits per heavy atom. The molecule has 1 aromatic rings. The maximum absolute atomic E-state index is 12.1. The predicted molar refractivity (Wildman–Crippen MR) is 94.3 cm³/mol. The molecule has 1 aliphatic heterocycles. The first-order valence-corrected chi connectivity index (χ1v) is 7.61. The third-order valence-electron chi connectivity index (χ3n) is 3.60. The summed E-state index contributed by atoms with van der Waals surface area (Å²) < 4.78 is 0. The summed E-state index contributed by atoms with van der Waals surface area (Å²) in [7, 11) is 3.42. The lowest BCUT2D eigenvalue weighted by Gasteiger charge is -2.18. The minimum atomic E-state index is -0.0744. The van der Waals surface area contributed by atoms with Crippen LogP contribution >= 0.6 is 12.4 Å². The number of hydrogen-bond donors (Lipinski definition) is 2. The molecule has 2 N–H and O–H groups in total. The second-order valence-corrected chi connectivity index (χ2v) is 5.71. The first-order chi connectivity index (χ1) is 10.6. The van der Waals surface area contributed by atoms with E-state index in [0.717, 1.165) is 32.6 Å². The van der Waals surface area contributed by atoms with E-state index in [1.165, 1.54) is 4.90 Å². The molecule has 0 saturated carbocycles. The maximum atomic E-state index is 12.1. The summed E-state index contributed by atoms with van der Waals surface area (Å²) in [5.74, 6) is -0.119. The van der Waals surface area contributed by atoms with Crippen LogP contribution in [0, 0.1) is 0 Å². The fourth-order valence-electron chi connectivity index (χ4n) is 2.45. The Bertz CT molecular complexity index is 529. The second-order valence-electron chi connectivity index (χ2n) is 5.71. The van der Waals surface area contributed by atoms with Crippen LogP contribution in [0.4, 0.5) is 5.69 Å². The van der Waals surface area contributed by atoms with Crippen LogP contribution < -0.4 is 10.6 Å². The van der Waals surface area contributed by atoms with Gasteiger partial charge in [-0.15, -0.1) is 12.4 Å². The molecule has 2 rings (SSSR count). The molecule has 7 heteroatoms. The largest absolute Gasteiger partial charge is 0.345 e. The Kier molecular flexibility index (Phi) is 8.02. The molecule has 2 amide bonds. The SMILES string of the molecule is CN(C)C(=O)c1cccc(NC(=O)CN2CCCNCC2)c1.Cl. The van der Waals surface area contributed by atoms with E-state index in [1.54, 1.807) is 38.4 Å². The molecular formula is C16H25ClN4O2. The van der Waals surface area contributed by atoms with Gasteiger partial charge in [-0.25, -0.2) is 0 Å². The van der Waals surface area contributed by atoms with E-state index in [4.69, 9.17) is 0 Å². The lowest BCUT2D eigenvalue weighted by atomic mass is 10.2. The quantitative estimate of drug-likeness (QED) is 0.859. The van der Waals surface area contributed by atoms with Crippen molar-refractivity contribution >= 4 is 29.9 Å². The van der Waals surface area contributed by atoms with Crippen LogP contribution in [0.25, 0.3) is 0 Å². The standard InChI is InChI=1S/C16H24N4O2.ClH/c1-19(2)16(22)13-5-3-6-14(11-13)18-15(21)12-20-9-4-7-17-8-10-20;/h3,5-6,11,17H,4,7-10,12H2,1-2H3,(H,18,21);1H. The van der Waals surface area contributed by atoms with E-state index in [-0.39, 0.29) is 24.2 Å². The van der Waals surface area contributed by atoms with Crippen molar-refractivity contribution < 1.29 is 9.59 Å². The van der Waals surface area contributed by atoms with Gasteiger partial charge in [-0.3, -0.25) is 14.5 Å². The molecule has 0 spiro atoms. The number of rotatable bonds is 4. The maximum Gasteiger partial charge on any atom is 0.253 e. The number of anilines is 1. The van der Waals surface area contributed by atoms with E-state index in [0.29, 0.717) is 17.8 Å². The number of nitrogens with one attached hydrogen (secondary N) is 2. The highest BCUT2D eigenvalue weighted by atomic mass is 35.5. The first-order valence-electron chi connectivity index (χ1n) is 7.61. The fraction of sp³-hybridized carbons (Fsp3) is 0.500. The van der Waals surface area contributed by atoms with Gasteiger partial charge in [0.15, 0.2) is 0 Å². The molecule has 6 nitrogen and oxygen atoms in total. The van der Waals surface area contributed by atoms with Crippen LogP contribution in [0.3, 0.4) is 0 Å². The van der Waals surface area contributed by atoms with Crippen LogP contribution in [0.15, 0.2) is 24.3 Å². The van der Waals surface area contributed by atoms with Crippen LogP contribution in [0.1, 0.15) is 16.8 Å². The summed E-state index contributed by atoms with van der Waals surface area (Å²) in [6, 6.07) is 7.04. The molecule has 1 aromatic carbocycles. The van der Waals surface area contributed by atoms with Gasteiger partial charge in [-0.2, -0.15) is 0 Å². The molecule has 128 valence electrons. The molecule has 0 aromatic heterocycles. The molecular weight excluding hydrogens is 316 g/mol. The summed E-state index contributed by atoms with van der Waals surface area (Å²) >= 11 is 0. The molecule has 1 aliphatic rings. The summed E-state index contributed by atoms with van der Waals surface area (Å²) in [5.41, 5.74) is 1.23. The number of hydrogen-bond acceptors (Lipinski definition) is 4. The number of amides is 2. The van der Waals surface area contributed by atoms with Crippen molar-refractivity contribution in [3.63, 3.8) is 0 Å². The normalized spacial score (nSPS) is 15.2. The van der Waals surface area contributed by atoms with Crippen LogP contribution in [-0.4, -0.2) is 68.4 Å². The summed E-state index contributed by atoms with van der Waals surface area (Å²) in [6.07, 6.45) is 1.06. The third-order valence-corrected chi connectivity index (χ3v) is 3.60. The highest BCUT2D eigenvalue weighted by Gasteiger charge is 2.14. The topological polar surface area (TPSA) is 64.7 Å². The van der Waals surface area contributed by atoms with E-state index >= 15 is 0 Å². The van der Waals surface area contributed by atoms with Crippen molar-refractivity contribution in [2.45, 2.75) is 6.42 Å². The van der Waals surface area contributed by atoms with Crippen molar-refractivity contribution in [2.24, 2.45) is 0 Å². The predicted octanol–water partition coefficient (Wildman–Crippen LogP) is 1.04. The van der Waals surface area contributed by atoms with Gasteiger partial charge in [0.25, 0.3) is 5.91 Å². The van der Waals surface area contributed by atoms with E-state index < -0.39 is 0 Å². The Hall–Kier alpha value is -1.63. The summed E-state index contributed by atoms with van der Waals surface area (Å²) in [6.45, 7) is 4.12. The fourth-order valence-corrected chi connectivity index (χ4v) is 2.45. The Morgan fingerprint density at radius 1 is 1.26 bits per heavy atom. The molecule has 1 heterocycles. The van der Waals surface area contributed by atoms with Gasteiger partial charge in [0.1, 0.15) is 0 Å². The van der Waals surface area contributed by atoms with E-state index in [1.807, 2.05) is 0 Å². The minimum Gasteiger partial charge on any atom is -0.345 e.